The molecule has 0 fully saturated rings. The maximum atomic E-state index is 11.3. The number of esters is 1. The molecule has 0 bridgehead atoms. The van der Waals surface area contributed by atoms with Crippen molar-refractivity contribution in [3.8, 4) is 0 Å². The van der Waals surface area contributed by atoms with E-state index in [2.05, 4.69) is 0 Å². The van der Waals surface area contributed by atoms with E-state index in [1.54, 1.807) is 31.0 Å². The lowest BCUT2D eigenvalue weighted by atomic mass is 10.1. The summed E-state index contributed by atoms with van der Waals surface area (Å²) >= 11 is 6.00. The molecule has 1 rings (SSSR count). The first kappa shape index (κ1) is 16.4. The molecule has 110 valence electrons. The Balaban J connectivity index is 2.66. The van der Waals surface area contributed by atoms with Gasteiger partial charge in [-0.3, -0.25) is 19.8 Å². The van der Waals surface area contributed by atoms with Gasteiger partial charge in [-0.15, -0.1) is 0 Å². The van der Waals surface area contributed by atoms with Crippen molar-refractivity contribution in [2.75, 3.05) is 26.7 Å². The Morgan fingerprint density at radius 3 is 2.80 bits per heavy atom. The van der Waals surface area contributed by atoms with E-state index in [0.717, 1.165) is 0 Å². The Kier molecular flexibility index (Phi) is 6.41. The molecular formula is C13H17ClN2O4. The van der Waals surface area contributed by atoms with Gasteiger partial charge in [-0.2, -0.15) is 0 Å². The summed E-state index contributed by atoms with van der Waals surface area (Å²) in [6, 6.07) is 4.59. The van der Waals surface area contributed by atoms with Gasteiger partial charge in [0.25, 0.3) is 5.69 Å². The maximum Gasteiger partial charge on any atom is 0.320 e. The van der Waals surface area contributed by atoms with Crippen molar-refractivity contribution in [2.24, 2.45) is 0 Å². The molecule has 0 atom stereocenters. The Morgan fingerprint density at radius 2 is 2.20 bits per heavy atom. The number of carbonyl (C=O) groups is 1. The second-order valence-corrected chi connectivity index (χ2v) is 4.69. The van der Waals surface area contributed by atoms with Gasteiger partial charge in [0.15, 0.2) is 0 Å². The van der Waals surface area contributed by atoms with E-state index in [0.29, 0.717) is 30.2 Å². The lowest BCUT2D eigenvalue weighted by molar-refractivity contribution is -0.385. The van der Waals surface area contributed by atoms with E-state index >= 15 is 0 Å². The SMILES string of the molecule is CCOC(=O)CN(C)CCc1c(Cl)cccc1[N+](=O)[O-]. The summed E-state index contributed by atoms with van der Waals surface area (Å²) in [6.45, 7) is 2.70. The smallest absolute Gasteiger partial charge is 0.320 e. The summed E-state index contributed by atoms with van der Waals surface area (Å²) in [7, 11) is 1.75. The van der Waals surface area contributed by atoms with Crippen LogP contribution in [0.3, 0.4) is 0 Å². The minimum atomic E-state index is -0.452. The molecular weight excluding hydrogens is 284 g/mol. The fourth-order valence-corrected chi connectivity index (χ4v) is 2.04. The molecule has 0 aromatic heterocycles. The zero-order valence-electron chi connectivity index (χ0n) is 11.5. The van der Waals surface area contributed by atoms with Gasteiger partial charge in [0, 0.05) is 18.2 Å². The van der Waals surface area contributed by atoms with Crippen LogP contribution in [0.1, 0.15) is 12.5 Å². The topological polar surface area (TPSA) is 72.7 Å². The maximum absolute atomic E-state index is 11.3. The monoisotopic (exact) mass is 300 g/mol. The van der Waals surface area contributed by atoms with Crippen LogP contribution >= 0.6 is 11.6 Å². The van der Waals surface area contributed by atoms with E-state index in [1.165, 1.54) is 6.07 Å². The van der Waals surface area contributed by atoms with Crippen LogP contribution in [-0.4, -0.2) is 42.5 Å². The van der Waals surface area contributed by atoms with E-state index in [1.807, 2.05) is 0 Å². The van der Waals surface area contributed by atoms with Gasteiger partial charge >= 0.3 is 5.97 Å². The van der Waals surface area contributed by atoms with Gasteiger partial charge in [0.2, 0.25) is 0 Å². The van der Waals surface area contributed by atoms with Crippen molar-refractivity contribution < 1.29 is 14.5 Å². The highest BCUT2D eigenvalue weighted by Gasteiger charge is 2.17. The fourth-order valence-electron chi connectivity index (χ4n) is 1.77. The van der Waals surface area contributed by atoms with Crippen molar-refractivity contribution >= 4 is 23.3 Å². The van der Waals surface area contributed by atoms with Gasteiger partial charge in [-0.05, 0) is 26.5 Å². The van der Waals surface area contributed by atoms with E-state index in [4.69, 9.17) is 16.3 Å². The van der Waals surface area contributed by atoms with Crippen LogP contribution in [-0.2, 0) is 16.0 Å². The van der Waals surface area contributed by atoms with Crippen LogP contribution in [0, 0.1) is 10.1 Å². The lowest BCUT2D eigenvalue weighted by Gasteiger charge is -2.15. The van der Waals surface area contributed by atoms with Crippen molar-refractivity contribution in [1.29, 1.82) is 0 Å². The molecule has 0 heterocycles. The highest BCUT2D eigenvalue weighted by Crippen LogP contribution is 2.26. The largest absolute Gasteiger partial charge is 0.465 e. The highest BCUT2D eigenvalue weighted by molar-refractivity contribution is 6.31. The van der Waals surface area contributed by atoms with Crippen LogP contribution in [0.4, 0.5) is 5.69 Å². The molecule has 0 saturated carbocycles. The van der Waals surface area contributed by atoms with Crippen LogP contribution in [0.2, 0.25) is 5.02 Å². The van der Waals surface area contributed by atoms with Crippen molar-refractivity contribution in [3.05, 3.63) is 38.9 Å². The number of halogens is 1. The number of hydrogen-bond acceptors (Lipinski definition) is 5. The molecule has 6 nitrogen and oxygen atoms in total. The number of ether oxygens (including phenoxy) is 1. The van der Waals surface area contributed by atoms with Crippen LogP contribution in [0.15, 0.2) is 18.2 Å². The molecule has 0 unspecified atom stereocenters. The van der Waals surface area contributed by atoms with E-state index in [-0.39, 0.29) is 18.2 Å². The highest BCUT2D eigenvalue weighted by atomic mass is 35.5. The van der Waals surface area contributed by atoms with Gasteiger partial charge in [0.05, 0.1) is 23.1 Å². The van der Waals surface area contributed by atoms with E-state index < -0.39 is 4.92 Å². The first-order valence-corrected chi connectivity index (χ1v) is 6.59. The number of benzene rings is 1. The number of rotatable bonds is 7. The number of nitrogens with zero attached hydrogens (tertiary/aromatic N) is 2. The van der Waals surface area contributed by atoms with Crippen LogP contribution in [0.25, 0.3) is 0 Å². The number of likely N-dealkylation sites (N-methyl/N-ethyl adjacent to an activating group) is 1. The Hall–Kier alpha value is -1.66. The van der Waals surface area contributed by atoms with Crippen molar-refractivity contribution in [1.82, 2.24) is 4.90 Å². The summed E-state index contributed by atoms with van der Waals surface area (Å²) in [5.41, 5.74) is 0.483. The van der Waals surface area contributed by atoms with Crippen molar-refractivity contribution in [3.63, 3.8) is 0 Å². The standard InChI is InChI=1S/C13H17ClN2O4/c1-3-20-13(17)9-15(2)8-7-10-11(14)5-4-6-12(10)16(18)19/h4-6H,3,7-9H2,1-2H3. The number of hydrogen-bond donors (Lipinski definition) is 0. The normalized spacial score (nSPS) is 10.6. The minimum Gasteiger partial charge on any atom is -0.465 e. The van der Waals surface area contributed by atoms with E-state index in [9.17, 15) is 14.9 Å². The minimum absolute atomic E-state index is 0.00188. The predicted octanol–water partition coefficient (Wildman–Crippen LogP) is 2.29. The third-order valence-corrected chi connectivity index (χ3v) is 3.09. The summed E-state index contributed by atoms with van der Waals surface area (Å²) in [4.78, 5) is 23.5. The quantitative estimate of drug-likeness (QED) is 0.439. The molecule has 0 aliphatic rings. The first-order chi connectivity index (χ1) is 9.45. The number of nitro benzene ring substituents is 1. The van der Waals surface area contributed by atoms with Gasteiger partial charge in [-0.25, -0.2) is 0 Å². The third-order valence-electron chi connectivity index (χ3n) is 2.74. The average Bonchev–Trinajstić information content (AvgIpc) is 2.37. The molecule has 0 spiro atoms. The van der Waals surface area contributed by atoms with Gasteiger partial charge in [-0.1, -0.05) is 17.7 Å². The Labute approximate surface area is 122 Å². The molecule has 0 aliphatic heterocycles. The average molecular weight is 301 g/mol. The van der Waals surface area contributed by atoms with Crippen molar-refractivity contribution in [2.45, 2.75) is 13.3 Å². The molecule has 1 aromatic rings. The Bertz CT molecular complexity index is 493. The molecule has 20 heavy (non-hydrogen) atoms. The molecule has 0 N–H and O–H groups in total. The molecule has 7 heteroatoms. The molecule has 1 aromatic carbocycles. The second kappa shape index (κ2) is 7.81. The zero-order valence-corrected chi connectivity index (χ0v) is 12.2. The number of nitro groups is 1. The summed E-state index contributed by atoms with van der Waals surface area (Å²) in [5.74, 6) is -0.316. The summed E-state index contributed by atoms with van der Waals surface area (Å²) < 4.78 is 4.84. The molecule has 0 aliphatic carbocycles. The predicted molar refractivity (Wildman–Crippen MR) is 75.9 cm³/mol. The van der Waals surface area contributed by atoms with Gasteiger partial charge < -0.3 is 4.74 Å². The Morgan fingerprint density at radius 1 is 1.50 bits per heavy atom. The summed E-state index contributed by atoms with van der Waals surface area (Å²) in [6.07, 6.45) is 0.395. The lowest BCUT2D eigenvalue weighted by Crippen LogP contribution is -2.29. The van der Waals surface area contributed by atoms with Crippen LogP contribution < -0.4 is 0 Å². The zero-order chi connectivity index (χ0) is 15.1. The molecule has 0 amide bonds. The molecule has 0 radical (unpaired) electrons. The van der Waals surface area contributed by atoms with Gasteiger partial charge in [0.1, 0.15) is 0 Å². The molecule has 0 saturated heterocycles. The third kappa shape index (κ3) is 4.79. The first-order valence-electron chi connectivity index (χ1n) is 6.21. The van der Waals surface area contributed by atoms with Crippen LogP contribution in [0.5, 0.6) is 0 Å². The fraction of sp³-hybridized carbons (Fsp3) is 0.462. The second-order valence-electron chi connectivity index (χ2n) is 4.29. The number of carbonyl (C=O) groups excluding carboxylic acids is 1. The summed E-state index contributed by atoms with van der Waals surface area (Å²) in [5, 5.41) is 11.3.